The summed E-state index contributed by atoms with van der Waals surface area (Å²) in [4.78, 5) is 27.8. The summed E-state index contributed by atoms with van der Waals surface area (Å²) in [6.07, 6.45) is -4.81. The Morgan fingerprint density at radius 1 is 0.929 bits per heavy atom. The number of hydrogen-bond donors (Lipinski definition) is 1. The number of carbonyl (C=O) groups excluding carboxylic acids is 2. The highest BCUT2D eigenvalue weighted by Gasteiger charge is 2.36. The third-order valence-corrected chi connectivity index (χ3v) is 8.62. The molecule has 42 heavy (non-hydrogen) atoms. The number of sulfonamides is 1. The van der Waals surface area contributed by atoms with Gasteiger partial charge in [0.15, 0.2) is 0 Å². The van der Waals surface area contributed by atoms with Crippen LogP contribution in [0.1, 0.15) is 31.9 Å². The number of carbonyl (C=O) groups is 2. The molecule has 3 aromatic rings. The Labute approximate surface area is 253 Å². The van der Waals surface area contributed by atoms with Crippen molar-refractivity contribution in [3.8, 4) is 0 Å². The topological polar surface area (TPSA) is 86.8 Å². The first-order valence-corrected chi connectivity index (χ1v) is 15.1. The van der Waals surface area contributed by atoms with Crippen molar-refractivity contribution in [1.82, 2.24) is 10.2 Å². The van der Waals surface area contributed by atoms with E-state index in [0.29, 0.717) is 27.5 Å². The van der Waals surface area contributed by atoms with Gasteiger partial charge in [-0.15, -0.1) is 0 Å². The number of alkyl halides is 3. The Kier molecular flexibility index (Phi) is 10.9. The van der Waals surface area contributed by atoms with Crippen LogP contribution in [-0.2, 0) is 32.3 Å². The predicted molar refractivity (Wildman–Crippen MR) is 157 cm³/mol. The SMILES string of the molecule is CC(C)CNC(=O)[C@H](C)N(Cc1ccc(Cl)cc1)C(=O)CN(c1cc(C(F)(F)F)ccc1Cl)S(=O)(=O)c1ccccc1. The molecule has 0 aliphatic heterocycles. The maximum atomic E-state index is 13.9. The largest absolute Gasteiger partial charge is 0.416 e. The number of rotatable bonds is 11. The second-order valence-corrected chi connectivity index (χ2v) is 12.7. The number of anilines is 1. The van der Waals surface area contributed by atoms with E-state index in [9.17, 15) is 31.2 Å². The van der Waals surface area contributed by atoms with E-state index in [1.54, 1.807) is 30.3 Å². The Balaban J connectivity index is 2.10. The summed E-state index contributed by atoms with van der Waals surface area (Å²) in [6.45, 7) is 4.56. The van der Waals surface area contributed by atoms with Crippen molar-refractivity contribution in [2.45, 2.75) is 44.4 Å². The number of benzene rings is 3. The Hall–Kier alpha value is -3.28. The van der Waals surface area contributed by atoms with Crippen molar-refractivity contribution in [1.29, 1.82) is 0 Å². The lowest BCUT2D eigenvalue weighted by Crippen LogP contribution is -2.51. The van der Waals surface area contributed by atoms with E-state index in [4.69, 9.17) is 23.2 Å². The summed E-state index contributed by atoms with van der Waals surface area (Å²) in [5.74, 6) is -1.21. The van der Waals surface area contributed by atoms with Crippen LogP contribution in [0.5, 0.6) is 0 Å². The summed E-state index contributed by atoms with van der Waals surface area (Å²) in [6, 6.07) is 14.6. The zero-order valence-electron chi connectivity index (χ0n) is 23.0. The van der Waals surface area contributed by atoms with Crippen LogP contribution in [0, 0.1) is 5.92 Å². The molecular weight excluding hydrogens is 614 g/mol. The van der Waals surface area contributed by atoms with Gasteiger partial charge in [-0.2, -0.15) is 13.2 Å². The maximum Gasteiger partial charge on any atom is 0.416 e. The zero-order valence-corrected chi connectivity index (χ0v) is 25.4. The maximum absolute atomic E-state index is 13.9. The van der Waals surface area contributed by atoms with E-state index in [0.717, 1.165) is 17.0 Å². The van der Waals surface area contributed by atoms with Gasteiger partial charge in [-0.25, -0.2) is 8.42 Å². The first kappa shape index (κ1) is 33.2. The summed E-state index contributed by atoms with van der Waals surface area (Å²) in [5, 5.41) is 2.88. The number of amides is 2. The van der Waals surface area contributed by atoms with E-state index in [2.05, 4.69) is 5.32 Å². The Bertz CT molecular complexity index is 1500. The molecule has 0 aliphatic carbocycles. The first-order chi connectivity index (χ1) is 19.6. The number of nitrogens with one attached hydrogen (secondary N) is 1. The standard InChI is InChI=1S/C29H30Cl2F3N3O4S/c1-19(2)16-35-28(39)20(3)36(17-21-9-12-23(30)13-10-21)27(38)18-37(42(40,41)24-7-5-4-6-8-24)26-15-22(29(32,33)34)11-14-25(26)31/h4-15,19-20H,16-18H2,1-3H3,(H,35,39)/t20-/m0/s1. The van der Waals surface area contributed by atoms with Crippen LogP contribution in [0.4, 0.5) is 18.9 Å². The van der Waals surface area contributed by atoms with Gasteiger partial charge in [0.2, 0.25) is 11.8 Å². The number of halogens is 5. The molecule has 0 spiro atoms. The third kappa shape index (κ3) is 8.39. The van der Waals surface area contributed by atoms with Crippen molar-refractivity contribution in [3.63, 3.8) is 0 Å². The van der Waals surface area contributed by atoms with Gasteiger partial charge in [-0.1, -0.05) is 67.4 Å². The summed E-state index contributed by atoms with van der Waals surface area (Å²) in [7, 11) is -4.60. The predicted octanol–water partition coefficient (Wildman–Crippen LogP) is 6.40. The van der Waals surface area contributed by atoms with Gasteiger partial charge in [0.25, 0.3) is 10.0 Å². The number of hydrogen-bond acceptors (Lipinski definition) is 4. The second kappa shape index (κ2) is 13.8. The van der Waals surface area contributed by atoms with Crippen LogP contribution < -0.4 is 9.62 Å². The van der Waals surface area contributed by atoms with Gasteiger partial charge in [0.1, 0.15) is 12.6 Å². The quantitative estimate of drug-likeness (QED) is 0.262. The first-order valence-electron chi connectivity index (χ1n) is 12.9. The van der Waals surface area contributed by atoms with Crippen molar-refractivity contribution in [2.24, 2.45) is 5.92 Å². The highest BCUT2D eigenvalue weighted by Crippen LogP contribution is 2.37. The fourth-order valence-corrected chi connectivity index (χ4v) is 5.78. The summed E-state index contributed by atoms with van der Waals surface area (Å²) >= 11 is 12.2. The highest BCUT2D eigenvalue weighted by molar-refractivity contribution is 7.92. The smallest absolute Gasteiger partial charge is 0.354 e. The molecule has 0 aromatic heterocycles. The molecule has 3 rings (SSSR count). The van der Waals surface area contributed by atoms with Gasteiger partial charge >= 0.3 is 6.18 Å². The summed E-state index contributed by atoms with van der Waals surface area (Å²) in [5.41, 5.74) is -1.10. The fourth-order valence-electron chi connectivity index (χ4n) is 3.93. The highest BCUT2D eigenvalue weighted by atomic mass is 35.5. The van der Waals surface area contributed by atoms with Crippen LogP contribution in [-0.4, -0.2) is 44.3 Å². The molecule has 226 valence electrons. The van der Waals surface area contributed by atoms with E-state index in [-0.39, 0.29) is 22.4 Å². The van der Waals surface area contributed by atoms with E-state index in [1.165, 1.54) is 31.2 Å². The minimum absolute atomic E-state index is 0.109. The molecule has 0 saturated heterocycles. The molecule has 1 N–H and O–H groups in total. The fraction of sp³-hybridized carbons (Fsp3) is 0.310. The van der Waals surface area contributed by atoms with Gasteiger partial charge in [0, 0.05) is 18.1 Å². The number of nitrogens with zero attached hydrogens (tertiary/aromatic N) is 2. The van der Waals surface area contributed by atoms with Gasteiger partial charge in [0.05, 0.1) is 21.2 Å². The molecule has 0 aliphatic rings. The average Bonchev–Trinajstić information content (AvgIpc) is 2.94. The monoisotopic (exact) mass is 643 g/mol. The van der Waals surface area contributed by atoms with Crippen LogP contribution in [0.2, 0.25) is 10.0 Å². The van der Waals surface area contributed by atoms with Crippen molar-refractivity contribution in [2.75, 3.05) is 17.4 Å². The van der Waals surface area contributed by atoms with E-state index >= 15 is 0 Å². The molecule has 3 aromatic carbocycles. The van der Waals surface area contributed by atoms with E-state index in [1.807, 2.05) is 13.8 Å². The van der Waals surface area contributed by atoms with Crippen molar-refractivity contribution in [3.05, 3.63) is 94.0 Å². The molecule has 13 heteroatoms. The van der Waals surface area contributed by atoms with Crippen LogP contribution in [0.25, 0.3) is 0 Å². The molecule has 0 heterocycles. The third-order valence-electron chi connectivity index (χ3n) is 6.27. The molecule has 0 fully saturated rings. The van der Waals surface area contributed by atoms with Gasteiger partial charge in [-0.3, -0.25) is 13.9 Å². The van der Waals surface area contributed by atoms with Crippen LogP contribution >= 0.6 is 23.2 Å². The molecule has 0 unspecified atom stereocenters. The Morgan fingerprint density at radius 3 is 2.12 bits per heavy atom. The lowest BCUT2D eigenvalue weighted by molar-refractivity contribution is -0.139. The zero-order chi connectivity index (χ0) is 31.2. The molecule has 0 saturated carbocycles. The molecular formula is C29H30Cl2F3N3O4S. The van der Waals surface area contributed by atoms with Gasteiger partial charge in [-0.05, 0) is 60.9 Å². The minimum Gasteiger partial charge on any atom is -0.354 e. The summed E-state index contributed by atoms with van der Waals surface area (Å²) < 4.78 is 69.0. The normalized spacial score (nSPS) is 12.6. The van der Waals surface area contributed by atoms with Crippen molar-refractivity contribution < 1.29 is 31.2 Å². The Morgan fingerprint density at radius 2 is 1.55 bits per heavy atom. The average molecular weight is 645 g/mol. The second-order valence-electron chi connectivity index (χ2n) is 9.95. The van der Waals surface area contributed by atoms with Crippen molar-refractivity contribution >= 4 is 50.7 Å². The molecule has 7 nitrogen and oxygen atoms in total. The molecule has 0 bridgehead atoms. The molecule has 0 radical (unpaired) electrons. The van der Waals surface area contributed by atoms with Crippen LogP contribution in [0.3, 0.4) is 0 Å². The van der Waals surface area contributed by atoms with Gasteiger partial charge < -0.3 is 10.2 Å². The lowest BCUT2D eigenvalue weighted by atomic mass is 10.1. The molecule has 1 atom stereocenters. The van der Waals surface area contributed by atoms with E-state index < -0.39 is 51.9 Å². The molecule has 2 amide bonds. The minimum atomic E-state index is -4.81. The van der Waals surface area contributed by atoms with Crippen LogP contribution in [0.15, 0.2) is 77.7 Å². The lowest BCUT2D eigenvalue weighted by Gasteiger charge is -2.32.